The van der Waals surface area contributed by atoms with Crippen molar-refractivity contribution in [3.8, 4) is 23.0 Å². The summed E-state index contributed by atoms with van der Waals surface area (Å²) < 4.78 is 23.1. The zero-order valence-electron chi connectivity index (χ0n) is 13.9. The number of carbonyl (C=O) groups excluding carboxylic acids is 1. The number of hydrogen-bond acceptors (Lipinski definition) is 7. The number of nitrogens with one attached hydrogen (secondary N) is 1. The Morgan fingerprint density at radius 2 is 2.04 bits per heavy atom. The van der Waals surface area contributed by atoms with Crippen molar-refractivity contribution in [2.24, 2.45) is 0 Å². The molecule has 3 aromatic rings. The molecule has 0 radical (unpaired) electrons. The van der Waals surface area contributed by atoms with Crippen molar-refractivity contribution in [3.05, 3.63) is 53.9 Å². The highest BCUT2D eigenvalue weighted by Crippen LogP contribution is 2.28. The first-order valence-corrected chi connectivity index (χ1v) is 7.62. The third-order valence-electron chi connectivity index (χ3n) is 3.59. The highest BCUT2D eigenvalue weighted by molar-refractivity contribution is 5.95. The van der Waals surface area contributed by atoms with Crippen LogP contribution in [-0.4, -0.2) is 33.2 Å². The van der Waals surface area contributed by atoms with E-state index in [0.717, 1.165) is 0 Å². The molecule has 9 heteroatoms. The maximum Gasteiger partial charge on any atom is 0.274 e. The smallest absolute Gasteiger partial charge is 0.274 e. The highest BCUT2D eigenvalue weighted by Gasteiger charge is 2.21. The van der Waals surface area contributed by atoms with Crippen LogP contribution in [0.25, 0.3) is 11.5 Å². The van der Waals surface area contributed by atoms with Crippen LogP contribution in [0.2, 0.25) is 0 Å². The monoisotopic (exact) mass is 358 g/mol. The fraction of sp³-hybridized carbons (Fsp3) is 0.176. The molecule has 0 aliphatic carbocycles. The van der Waals surface area contributed by atoms with Gasteiger partial charge in [0.05, 0.1) is 13.2 Å². The van der Waals surface area contributed by atoms with Gasteiger partial charge in [-0.2, -0.15) is 4.98 Å². The van der Waals surface area contributed by atoms with Crippen molar-refractivity contribution in [1.82, 2.24) is 20.4 Å². The fourth-order valence-electron chi connectivity index (χ4n) is 2.22. The largest absolute Gasteiger partial charge is 0.503 e. The number of halogens is 1. The van der Waals surface area contributed by atoms with Gasteiger partial charge in [-0.25, -0.2) is 9.37 Å². The van der Waals surface area contributed by atoms with Gasteiger partial charge in [-0.3, -0.25) is 4.79 Å². The molecule has 0 aliphatic rings. The van der Waals surface area contributed by atoms with Crippen LogP contribution in [0.4, 0.5) is 4.39 Å². The van der Waals surface area contributed by atoms with E-state index in [4.69, 9.17) is 9.26 Å². The van der Waals surface area contributed by atoms with Gasteiger partial charge in [0, 0.05) is 17.8 Å². The quantitative estimate of drug-likeness (QED) is 0.721. The summed E-state index contributed by atoms with van der Waals surface area (Å²) in [6.07, 6.45) is 1.35. The second-order valence-corrected chi connectivity index (χ2v) is 5.37. The molecule has 1 aromatic carbocycles. The molecule has 1 unspecified atom stereocenters. The minimum absolute atomic E-state index is 0.135. The number of nitrogens with zero attached hydrogens (tertiary/aromatic N) is 3. The van der Waals surface area contributed by atoms with Crippen molar-refractivity contribution in [3.63, 3.8) is 0 Å². The average Bonchev–Trinajstić information content (AvgIpc) is 3.12. The number of ether oxygens (including phenoxy) is 1. The number of benzene rings is 1. The van der Waals surface area contributed by atoms with Gasteiger partial charge in [-0.1, -0.05) is 5.16 Å². The maximum atomic E-state index is 13.0. The van der Waals surface area contributed by atoms with Crippen molar-refractivity contribution in [2.75, 3.05) is 7.11 Å². The number of amides is 1. The van der Waals surface area contributed by atoms with E-state index < -0.39 is 11.9 Å². The van der Waals surface area contributed by atoms with Crippen LogP contribution in [0.15, 0.2) is 41.1 Å². The minimum Gasteiger partial charge on any atom is -0.503 e. The number of aromatic hydroxyl groups is 1. The molecule has 2 heterocycles. The lowest BCUT2D eigenvalue weighted by molar-refractivity contribution is 0.0929. The van der Waals surface area contributed by atoms with Gasteiger partial charge in [0.2, 0.25) is 0 Å². The molecule has 0 saturated heterocycles. The van der Waals surface area contributed by atoms with Crippen LogP contribution in [0.3, 0.4) is 0 Å². The number of methoxy groups -OCH3 is 1. The Morgan fingerprint density at radius 1 is 1.31 bits per heavy atom. The van der Waals surface area contributed by atoms with E-state index in [0.29, 0.717) is 5.56 Å². The Labute approximate surface area is 147 Å². The summed E-state index contributed by atoms with van der Waals surface area (Å²) in [5, 5.41) is 16.4. The van der Waals surface area contributed by atoms with Gasteiger partial charge < -0.3 is 19.7 Å². The van der Waals surface area contributed by atoms with Crippen molar-refractivity contribution < 1.29 is 23.6 Å². The molecule has 0 fully saturated rings. The lowest BCUT2D eigenvalue weighted by atomic mass is 10.2. The van der Waals surface area contributed by atoms with E-state index in [9.17, 15) is 14.3 Å². The Bertz CT molecular complexity index is 927. The van der Waals surface area contributed by atoms with Gasteiger partial charge in [-0.15, -0.1) is 0 Å². The van der Waals surface area contributed by atoms with Crippen molar-refractivity contribution in [2.45, 2.75) is 13.0 Å². The molecule has 1 atom stereocenters. The Balaban J connectivity index is 1.75. The number of aromatic nitrogens is 3. The van der Waals surface area contributed by atoms with E-state index in [1.807, 2.05) is 0 Å². The summed E-state index contributed by atoms with van der Waals surface area (Å²) in [5.74, 6) is -0.805. The third-order valence-corrected chi connectivity index (χ3v) is 3.59. The first-order chi connectivity index (χ1) is 12.5. The zero-order valence-corrected chi connectivity index (χ0v) is 13.9. The molecule has 0 saturated carbocycles. The molecule has 0 aliphatic heterocycles. The molecular formula is C17H15FN4O4. The van der Waals surface area contributed by atoms with Crippen molar-refractivity contribution in [1.29, 1.82) is 0 Å². The standard InChI is InChI=1S/C17H15FN4O4/c1-9(20-16(24)13-14(23)12(25-2)7-8-19-13)15-21-17(26-22-15)10-3-5-11(18)6-4-10/h3-9,23H,1-2H3,(H,20,24). The average molecular weight is 358 g/mol. The predicted molar refractivity (Wildman–Crippen MR) is 88.0 cm³/mol. The summed E-state index contributed by atoms with van der Waals surface area (Å²) in [5.41, 5.74) is 0.370. The first kappa shape index (κ1) is 17.3. The van der Waals surface area contributed by atoms with Crippen molar-refractivity contribution >= 4 is 5.91 Å². The second kappa shape index (κ2) is 7.18. The van der Waals surface area contributed by atoms with Crippen LogP contribution < -0.4 is 10.1 Å². The van der Waals surface area contributed by atoms with Crippen LogP contribution in [-0.2, 0) is 0 Å². The lowest BCUT2D eigenvalue weighted by Gasteiger charge is -2.11. The summed E-state index contributed by atoms with van der Waals surface area (Å²) >= 11 is 0. The summed E-state index contributed by atoms with van der Waals surface area (Å²) in [4.78, 5) is 20.4. The molecule has 2 N–H and O–H groups in total. The second-order valence-electron chi connectivity index (χ2n) is 5.37. The number of rotatable bonds is 5. The number of pyridine rings is 1. The van der Waals surface area contributed by atoms with Gasteiger partial charge in [0.15, 0.2) is 23.0 Å². The van der Waals surface area contributed by atoms with Crippen LogP contribution in [0.5, 0.6) is 11.5 Å². The summed E-state index contributed by atoms with van der Waals surface area (Å²) in [7, 11) is 1.37. The van der Waals surface area contributed by atoms with E-state index in [1.54, 1.807) is 6.92 Å². The molecule has 1 amide bonds. The molecule has 8 nitrogen and oxygen atoms in total. The zero-order chi connectivity index (χ0) is 18.7. The van der Waals surface area contributed by atoms with Crippen LogP contribution >= 0.6 is 0 Å². The van der Waals surface area contributed by atoms with Gasteiger partial charge in [0.25, 0.3) is 11.8 Å². The lowest BCUT2D eigenvalue weighted by Crippen LogP contribution is -2.28. The van der Waals surface area contributed by atoms with Crippen LogP contribution in [0.1, 0.15) is 29.3 Å². The van der Waals surface area contributed by atoms with Crippen LogP contribution in [0, 0.1) is 5.82 Å². The Kier molecular flexibility index (Phi) is 4.78. The molecule has 0 spiro atoms. The van der Waals surface area contributed by atoms with Gasteiger partial charge >= 0.3 is 0 Å². The molecule has 26 heavy (non-hydrogen) atoms. The van der Waals surface area contributed by atoms with E-state index in [1.165, 1.54) is 43.6 Å². The molecular weight excluding hydrogens is 343 g/mol. The van der Waals surface area contributed by atoms with E-state index in [-0.39, 0.29) is 34.7 Å². The SMILES string of the molecule is COc1ccnc(C(=O)NC(C)c2noc(-c3ccc(F)cc3)n2)c1O. The fourth-order valence-corrected chi connectivity index (χ4v) is 2.22. The maximum absolute atomic E-state index is 13.0. The number of hydrogen-bond donors (Lipinski definition) is 2. The third kappa shape index (κ3) is 3.46. The molecule has 2 aromatic heterocycles. The predicted octanol–water partition coefficient (Wildman–Crippen LogP) is 2.48. The Morgan fingerprint density at radius 3 is 2.73 bits per heavy atom. The van der Waals surface area contributed by atoms with Gasteiger partial charge in [-0.05, 0) is 31.2 Å². The summed E-state index contributed by atoms with van der Waals surface area (Å²) in [6.45, 7) is 1.65. The summed E-state index contributed by atoms with van der Waals surface area (Å²) in [6, 6.07) is 6.39. The van der Waals surface area contributed by atoms with E-state index >= 15 is 0 Å². The molecule has 0 bridgehead atoms. The van der Waals surface area contributed by atoms with Gasteiger partial charge in [0.1, 0.15) is 5.82 Å². The highest BCUT2D eigenvalue weighted by atomic mass is 19.1. The first-order valence-electron chi connectivity index (χ1n) is 7.62. The number of carbonyl (C=O) groups is 1. The Hall–Kier alpha value is -3.49. The topological polar surface area (TPSA) is 110 Å². The normalized spacial score (nSPS) is 11.8. The molecule has 3 rings (SSSR count). The van der Waals surface area contributed by atoms with E-state index in [2.05, 4.69) is 20.4 Å². The molecule has 134 valence electrons. The minimum atomic E-state index is -0.623.